The minimum Gasteiger partial charge on any atom is -0.396 e. The lowest BCUT2D eigenvalue weighted by atomic mass is 10.1. The van der Waals surface area contributed by atoms with Crippen LogP contribution in [0.5, 0.6) is 0 Å². The van der Waals surface area contributed by atoms with Gasteiger partial charge in [-0.05, 0) is 31.0 Å². The monoisotopic (exact) mass is 226 g/mol. The number of aliphatic hydroxyl groups excluding tert-OH is 1. The largest absolute Gasteiger partial charge is 0.396 e. The predicted octanol–water partition coefficient (Wildman–Crippen LogP) is 1.19. The minimum atomic E-state index is -0.247. The van der Waals surface area contributed by atoms with Gasteiger partial charge in [0.05, 0.1) is 0 Å². The van der Waals surface area contributed by atoms with Gasteiger partial charge in [0.15, 0.2) is 0 Å². The van der Waals surface area contributed by atoms with Gasteiger partial charge in [0.2, 0.25) is 0 Å². The Bertz CT molecular complexity index is 302. The third-order valence-corrected chi connectivity index (χ3v) is 2.56. The Hall–Kier alpha value is -0.970. The van der Waals surface area contributed by atoms with Crippen LogP contribution in [0.25, 0.3) is 0 Å². The number of hydrogen-bond donors (Lipinski definition) is 3. The average Bonchev–Trinajstić information content (AvgIpc) is 2.27. The Morgan fingerprint density at radius 3 is 2.50 bits per heavy atom. The van der Waals surface area contributed by atoms with Gasteiger partial charge in [0, 0.05) is 25.2 Å². The summed E-state index contributed by atoms with van der Waals surface area (Å²) in [7, 11) is 0. The molecule has 0 aliphatic rings. The highest BCUT2D eigenvalue weighted by Crippen LogP contribution is 2.13. The number of nitrogens with two attached hydrogens (primary N) is 1. The van der Waals surface area contributed by atoms with Crippen LogP contribution in [-0.4, -0.2) is 24.3 Å². The van der Waals surface area contributed by atoms with E-state index in [0.29, 0.717) is 13.0 Å². The van der Waals surface area contributed by atoms with E-state index in [1.807, 2.05) is 6.92 Å². The lowest BCUT2D eigenvalue weighted by molar-refractivity contribution is 0.263. The van der Waals surface area contributed by atoms with Crippen molar-refractivity contribution in [1.82, 2.24) is 5.32 Å². The number of nitrogens with one attached hydrogen (secondary N) is 1. The first kappa shape index (κ1) is 13.1. The van der Waals surface area contributed by atoms with Crippen LogP contribution in [0.15, 0.2) is 24.3 Å². The number of benzene rings is 1. The molecule has 0 amide bonds. The highest BCUT2D eigenvalue weighted by Gasteiger charge is 2.12. The quantitative estimate of drug-likeness (QED) is 0.683. The summed E-state index contributed by atoms with van der Waals surface area (Å²) in [4.78, 5) is 0. The molecule has 0 heterocycles. The van der Waals surface area contributed by atoms with E-state index in [1.54, 1.807) is 12.1 Å². The molecule has 0 aliphatic heterocycles. The maximum Gasteiger partial charge on any atom is 0.123 e. The van der Waals surface area contributed by atoms with Crippen LogP contribution in [0.3, 0.4) is 0 Å². The molecule has 0 spiro atoms. The second-order valence-corrected chi connectivity index (χ2v) is 3.92. The maximum atomic E-state index is 12.8. The zero-order valence-electron chi connectivity index (χ0n) is 9.49. The highest BCUT2D eigenvalue weighted by atomic mass is 19.1. The number of rotatable bonds is 6. The van der Waals surface area contributed by atoms with Gasteiger partial charge in [-0.2, -0.15) is 0 Å². The van der Waals surface area contributed by atoms with Gasteiger partial charge in [-0.3, -0.25) is 0 Å². The van der Waals surface area contributed by atoms with E-state index in [4.69, 9.17) is 10.8 Å². The second-order valence-electron chi connectivity index (χ2n) is 3.92. The van der Waals surface area contributed by atoms with Gasteiger partial charge in [-0.1, -0.05) is 12.1 Å². The Kier molecular flexibility index (Phi) is 5.38. The molecule has 1 aromatic carbocycles. The number of aliphatic hydroxyl groups is 1. The molecular formula is C12H19FN2O. The van der Waals surface area contributed by atoms with E-state index >= 15 is 0 Å². The van der Waals surface area contributed by atoms with Crippen molar-refractivity contribution < 1.29 is 9.50 Å². The van der Waals surface area contributed by atoms with Crippen LogP contribution < -0.4 is 11.1 Å². The Balaban J connectivity index is 2.63. The molecular weight excluding hydrogens is 207 g/mol. The predicted molar refractivity (Wildman–Crippen MR) is 62.5 cm³/mol. The van der Waals surface area contributed by atoms with Crippen molar-refractivity contribution in [3.8, 4) is 0 Å². The third kappa shape index (κ3) is 3.89. The summed E-state index contributed by atoms with van der Waals surface area (Å²) < 4.78 is 12.8. The molecule has 4 N–H and O–H groups in total. The molecule has 16 heavy (non-hydrogen) atoms. The van der Waals surface area contributed by atoms with Crippen LogP contribution in [0.2, 0.25) is 0 Å². The summed E-state index contributed by atoms with van der Waals surface area (Å²) in [6.45, 7) is 2.58. The topological polar surface area (TPSA) is 58.3 Å². The number of halogens is 1. The molecule has 0 fully saturated rings. The molecule has 0 saturated carbocycles. The van der Waals surface area contributed by atoms with Crippen molar-refractivity contribution in [2.24, 2.45) is 5.73 Å². The molecule has 0 radical (unpaired) electrons. The standard InChI is InChI=1S/C12H19FN2O/c1-9(6-7-16)15-12(8-14)10-2-4-11(13)5-3-10/h2-5,9,12,15-16H,6-8,14H2,1H3. The molecule has 0 saturated heterocycles. The molecule has 2 unspecified atom stereocenters. The van der Waals surface area contributed by atoms with E-state index in [-0.39, 0.29) is 24.5 Å². The van der Waals surface area contributed by atoms with Crippen molar-refractivity contribution in [3.63, 3.8) is 0 Å². The van der Waals surface area contributed by atoms with Crippen LogP contribution >= 0.6 is 0 Å². The van der Waals surface area contributed by atoms with Crippen molar-refractivity contribution in [1.29, 1.82) is 0 Å². The van der Waals surface area contributed by atoms with Crippen LogP contribution in [0, 0.1) is 5.82 Å². The summed E-state index contributed by atoms with van der Waals surface area (Å²) in [6, 6.07) is 6.50. The van der Waals surface area contributed by atoms with Gasteiger partial charge in [0.25, 0.3) is 0 Å². The fourth-order valence-electron chi connectivity index (χ4n) is 1.62. The van der Waals surface area contributed by atoms with E-state index in [1.165, 1.54) is 12.1 Å². The van der Waals surface area contributed by atoms with Gasteiger partial charge in [-0.25, -0.2) is 4.39 Å². The van der Waals surface area contributed by atoms with Crippen molar-refractivity contribution >= 4 is 0 Å². The van der Waals surface area contributed by atoms with Gasteiger partial charge < -0.3 is 16.2 Å². The Morgan fingerprint density at radius 2 is 2.00 bits per heavy atom. The smallest absolute Gasteiger partial charge is 0.123 e. The second kappa shape index (κ2) is 6.58. The first-order chi connectivity index (χ1) is 7.67. The van der Waals surface area contributed by atoms with E-state index in [9.17, 15) is 4.39 Å². The number of hydrogen-bond acceptors (Lipinski definition) is 3. The lowest BCUT2D eigenvalue weighted by Crippen LogP contribution is -2.35. The average molecular weight is 226 g/mol. The molecule has 2 atom stereocenters. The lowest BCUT2D eigenvalue weighted by Gasteiger charge is -2.22. The van der Waals surface area contributed by atoms with Gasteiger partial charge in [-0.15, -0.1) is 0 Å². The van der Waals surface area contributed by atoms with Crippen molar-refractivity contribution in [2.75, 3.05) is 13.2 Å². The van der Waals surface area contributed by atoms with Crippen molar-refractivity contribution in [3.05, 3.63) is 35.6 Å². The molecule has 90 valence electrons. The normalized spacial score (nSPS) is 14.8. The molecule has 0 bridgehead atoms. The third-order valence-electron chi connectivity index (χ3n) is 2.56. The molecule has 4 heteroatoms. The van der Waals surface area contributed by atoms with Gasteiger partial charge in [0.1, 0.15) is 5.82 Å². The summed E-state index contributed by atoms with van der Waals surface area (Å²) in [5, 5.41) is 12.1. The summed E-state index contributed by atoms with van der Waals surface area (Å²) in [5.41, 5.74) is 6.63. The SMILES string of the molecule is CC(CCO)NC(CN)c1ccc(F)cc1. The van der Waals surface area contributed by atoms with Gasteiger partial charge >= 0.3 is 0 Å². The zero-order chi connectivity index (χ0) is 12.0. The molecule has 0 aliphatic carbocycles. The Labute approximate surface area is 95.5 Å². The van der Waals surface area contributed by atoms with E-state index in [2.05, 4.69) is 5.32 Å². The zero-order valence-corrected chi connectivity index (χ0v) is 9.49. The molecule has 0 aromatic heterocycles. The Morgan fingerprint density at radius 1 is 1.38 bits per heavy atom. The minimum absolute atomic E-state index is 0.00199. The summed E-state index contributed by atoms with van der Waals surface area (Å²) in [5.74, 6) is -0.247. The summed E-state index contributed by atoms with van der Waals surface area (Å²) in [6.07, 6.45) is 0.678. The first-order valence-electron chi connectivity index (χ1n) is 5.49. The highest BCUT2D eigenvalue weighted by molar-refractivity contribution is 5.20. The molecule has 1 rings (SSSR count). The van der Waals surface area contributed by atoms with E-state index < -0.39 is 0 Å². The maximum absolute atomic E-state index is 12.8. The summed E-state index contributed by atoms with van der Waals surface area (Å²) >= 11 is 0. The fourth-order valence-corrected chi connectivity index (χ4v) is 1.62. The van der Waals surface area contributed by atoms with Crippen LogP contribution in [0.1, 0.15) is 24.9 Å². The van der Waals surface area contributed by atoms with Crippen LogP contribution in [0.4, 0.5) is 4.39 Å². The molecule has 1 aromatic rings. The van der Waals surface area contributed by atoms with Crippen molar-refractivity contribution in [2.45, 2.75) is 25.4 Å². The molecule has 3 nitrogen and oxygen atoms in total. The van der Waals surface area contributed by atoms with Crippen LogP contribution in [-0.2, 0) is 0 Å². The van der Waals surface area contributed by atoms with E-state index in [0.717, 1.165) is 5.56 Å². The first-order valence-corrected chi connectivity index (χ1v) is 5.49. The fraction of sp³-hybridized carbons (Fsp3) is 0.500.